The van der Waals surface area contributed by atoms with Crippen molar-refractivity contribution in [2.45, 2.75) is 38.0 Å². The zero-order valence-electron chi connectivity index (χ0n) is 7.34. The first kappa shape index (κ1) is 6.71. The van der Waals surface area contributed by atoms with Crippen molar-refractivity contribution >= 4 is 0 Å². The fraction of sp³-hybridized carbons (Fsp3) is 0.500. The average molecular weight is 158 g/mol. The zero-order valence-corrected chi connectivity index (χ0v) is 7.34. The molecule has 0 radical (unpaired) electrons. The minimum absolute atomic E-state index is 0.904. The SMILES string of the molecule is c1cc(C2CCCCC2)c2cc1-2. The summed E-state index contributed by atoms with van der Waals surface area (Å²) in [6.07, 6.45) is 7.23. The molecule has 3 rings (SSSR count). The summed E-state index contributed by atoms with van der Waals surface area (Å²) in [5.74, 6) is 0.904. The molecule has 0 heterocycles. The van der Waals surface area contributed by atoms with Crippen molar-refractivity contribution in [3.05, 3.63) is 23.8 Å². The molecule has 12 heavy (non-hydrogen) atoms. The van der Waals surface area contributed by atoms with Crippen LogP contribution in [0.15, 0.2) is 18.2 Å². The highest BCUT2D eigenvalue weighted by atomic mass is 14.3. The van der Waals surface area contributed by atoms with Crippen LogP contribution in [0.2, 0.25) is 0 Å². The lowest BCUT2D eigenvalue weighted by atomic mass is 9.84. The van der Waals surface area contributed by atoms with Gasteiger partial charge >= 0.3 is 0 Å². The summed E-state index contributed by atoms with van der Waals surface area (Å²) in [5, 5.41) is 0. The molecule has 0 atom stereocenters. The van der Waals surface area contributed by atoms with E-state index in [1.165, 1.54) is 37.7 Å². The highest BCUT2D eigenvalue weighted by Crippen LogP contribution is 2.45. The number of rotatable bonds is 1. The van der Waals surface area contributed by atoms with Gasteiger partial charge in [0.2, 0.25) is 0 Å². The van der Waals surface area contributed by atoms with Gasteiger partial charge in [0.25, 0.3) is 0 Å². The molecule has 0 spiro atoms. The van der Waals surface area contributed by atoms with Gasteiger partial charge in [0.15, 0.2) is 0 Å². The van der Waals surface area contributed by atoms with Crippen molar-refractivity contribution < 1.29 is 0 Å². The first-order chi connectivity index (χ1) is 5.95. The summed E-state index contributed by atoms with van der Waals surface area (Å²) >= 11 is 0. The van der Waals surface area contributed by atoms with E-state index in [9.17, 15) is 0 Å². The van der Waals surface area contributed by atoms with E-state index in [-0.39, 0.29) is 0 Å². The van der Waals surface area contributed by atoms with Gasteiger partial charge < -0.3 is 0 Å². The van der Waals surface area contributed by atoms with Crippen LogP contribution in [0.1, 0.15) is 43.6 Å². The van der Waals surface area contributed by atoms with Gasteiger partial charge in [-0.05, 0) is 41.5 Å². The van der Waals surface area contributed by atoms with Gasteiger partial charge in [0, 0.05) is 0 Å². The van der Waals surface area contributed by atoms with Crippen LogP contribution >= 0.6 is 0 Å². The average Bonchev–Trinajstić information content (AvgIpc) is 2.80. The lowest BCUT2D eigenvalue weighted by Gasteiger charge is -2.20. The number of hydrogen-bond acceptors (Lipinski definition) is 0. The van der Waals surface area contributed by atoms with Crippen LogP contribution in [-0.2, 0) is 0 Å². The van der Waals surface area contributed by atoms with Crippen molar-refractivity contribution in [2.24, 2.45) is 0 Å². The molecule has 0 aromatic rings. The molecule has 0 heteroatoms. The summed E-state index contributed by atoms with van der Waals surface area (Å²) in [5.41, 5.74) is 4.75. The van der Waals surface area contributed by atoms with Crippen molar-refractivity contribution in [3.63, 3.8) is 0 Å². The first-order valence-corrected chi connectivity index (χ1v) is 5.09. The van der Waals surface area contributed by atoms with E-state index in [4.69, 9.17) is 0 Å². The molecular formula is C12H14. The Labute approximate surface area is 73.6 Å². The number of fused-ring (bicyclic) bond motifs is 1. The van der Waals surface area contributed by atoms with Gasteiger partial charge in [0.05, 0.1) is 0 Å². The Hall–Kier alpha value is -0.780. The molecule has 0 aliphatic heterocycles. The quantitative estimate of drug-likeness (QED) is 0.593. The van der Waals surface area contributed by atoms with Crippen molar-refractivity contribution in [1.29, 1.82) is 0 Å². The molecule has 1 saturated carbocycles. The molecule has 3 aliphatic carbocycles. The molecule has 0 amide bonds. The molecule has 0 aromatic carbocycles. The van der Waals surface area contributed by atoms with E-state index in [0.29, 0.717) is 0 Å². The number of benzene rings is 1. The maximum absolute atomic E-state index is 2.35. The monoisotopic (exact) mass is 158 g/mol. The molecule has 0 aromatic heterocycles. The van der Waals surface area contributed by atoms with E-state index < -0.39 is 0 Å². The predicted octanol–water partition coefficient (Wildman–Crippen LogP) is 3.71. The van der Waals surface area contributed by atoms with Crippen molar-refractivity contribution in [2.75, 3.05) is 0 Å². The van der Waals surface area contributed by atoms with E-state index in [0.717, 1.165) is 5.92 Å². The highest BCUT2D eigenvalue weighted by Gasteiger charge is 2.24. The van der Waals surface area contributed by atoms with Gasteiger partial charge in [-0.3, -0.25) is 0 Å². The predicted molar refractivity (Wildman–Crippen MR) is 51.3 cm³/mol. The Kier molecular flexibility index (Phi) is 1.31. The van der Waals surface area contributed by atoms with Crippen LogP contribution in [-0.4, -0.2) is 0 Å². The fourth-order valence-electron chi connectivity index (χ4n) is 2.55. The molecule has 0 bridgehead atoms. The van der Waals surface area contributed by atoms with Gasteiger partial charge in [0.1, 0.15) is 0 Å². The van der Waals surface area contributed by atoms with Crippen LogP contribution in [0, 0.1) is 0 Å². The molecule has 0 saturated heterocycles. The lowest BCUT2D eigenvalue weighted by molar-refractivity contribution is 0.445. The lowest BCUT2D eigenvalue weighted by Crippen LogP contribution is -2.03. The van der Waals surface area contributed by atoms with Gasteiger partial charge in [-0.15, -0.1) is 0 Å². The van der Waals surface area contributed by atoms with Crippen LogP contribution in [0.4, 0.5) is 0 Å². The molecular weight excluding hydrogens is 144 g/mol. The molecule has 0 N–H and O–H groups in total. The standard InChI is InChI=1S/C12H14/c1-2-4-9(5-3-1)11-7-6-10-8-12(10)11/h6-9H,1-5H2. The third-order valence-corrected chi connectivity index (χ3v) is 3.33. The van der Waals surface area contributed by atoms with Crippen LogP contribution in [0.25, 0.3) is 11.1 Å². The van der Waals surface area contributed by atoms with Crippen LogP contribution < -0.4 is 0 Å². The molecule has 3 aliphatic rings. The minimum atomic E-state index is 0.904. The van der Waals surface area contributed by atoms with Crippen molar-refractivity contribution in [3.8, 4) is 11.1 Å². The second-order valence-corrected chi connectivity index (χ2v) is 4.14. The topological polar surface area (TPSA) is 0 Å². The van der Waals surface area contributed by atoms with E-state index in [1.807, 2.05) is 0 Å². The van der Waals surface area contributed by atoms with Crippen LogP contribution in [0.3, 0.4) is 0 Å². The highest BCUT2D eigenvalue weighted by molar-refractivity contribution is 5.85. The van der Waals surface area contributed by atoms with Gasteiger partial charge in [-0.2, -0.15) is 0 Å². The summed E-state index contributed by atoms with van der Waals surface area (Å²) < 4.78 is 0. The van der Waals surface area contributed by atoms with Crippen molar-refractivity contribution in [1.82, 2.24) is 0 Å². The summed E-state index contributed by atoms with van der Waals surface area (Å²) in [6, 6.07) is 6.95. The second-order valence-electron chi connectivity index (χ2n) is 4.14. The Morgan fingerprint density at radius 1 is 1.00 bits per heavy atom. The normalized spacial score (nSPS) is 21.0. The van der Waals surface area contributed by atoms with E-state index >= 15 is 0 Å². The Balaban J connectivity index is 1.84. The molecule has 0 unspecified atom stereocenters. The maximum Gasteiger partial charge on any atom is -0.0143 e. The van der Waals surface area contributed by atoms with Gasteiger partial charge in [-0.1, -0.05) is 31.4 Å². The van der Waals surface area contributed by atoms with Gasteiger partial charge in [-0.25, -0.2) is 0 Å². The zero-order chi connectivity index (χ0) is 7.97. The fourth-order valence-corrected chi connectivity index (χ4v) is 2.55. The smallest absolute Gasteiger partial charge is 0.0143 e. The third-order valence-electron chi connectivity index (χ3n) is 3.33. The van der Waals surface area contributed by atoms with E-state index in [2.05, 4.69) is 18.2 Å². The van der Waals surface area contributed by atoms with E-state index in [1.54, 1.807) is 11.1 Å². The Morgan fingerprint density at radius 3 is 2.42 bits per heavy atom. The summed E-state index contributed by atoms with van der Waals surface area (Å²) in [4.78, 5) is 0. The maximum atomic E-state index is 2.35. The molecule has 0 nitrogen and oxygen atoms in total. The molecule has 1 fully saturated rings. The third kappa shape index (κ3) is 0.906. The Bertz CT molecular complexity index is 306. The second kappa shape index (κ2) is 2.35. The summed E-state index contributed by atoms with van der Waals surface area (Å²) in [6.45, 7) is 0. The number of hydrogen-bond donors (Lipinski definition) is 0. The largest absolute Gasteiger partial charge is 0.0575 e. The minimum Gasteiger partial charge on any atom is -0.0575 e. The Morgan fingerprint density at radius 2 is 1.83 bits per heavy atom. The molecule has 62 valence electrons. The first-order valence-electron chi connectivity index (χ1n) is 5.09. The van der Waals surface area contributed by atoms with Crippen LogP contribution in [0.5, 0.6) is 0 Å². The summed E-state index contributed by atoms with van der Waals surface area (Å²) in [7, 11) is 0.